The topological polar surface area (TPSA) is 38.9 Å². The minimum atomic E-state index is -0.222. The SMILES string of the molecule is C=C1N(C(C)C(Cn2cccn2)c2ccc(F)cc2C)C=Cc2nc(-c3ccc(C)cc3)cn21. The van der Waals surface area contributed by atoms with Gasteiger partial charge in [0, 0.05) is 48.9 Å². The van der Waals surface area contributed by atoms with Crippen LogP contribution in [0.3, 0.4) is 0 Å². The van der Waals surface area contributed by atoms with Crippen molar-refractivity contribution in [2.24, 2.45) is 0 Å². The van der Waals surface area contributed by atoms with Crippen LogP contribution in [0.4, 0.5) is 4.39 Å². The number of aryl methyl sites for hydroxylation is 2. The summed E-state index contributed by atoms with van der Waals surface area (Å²) in [6, 6.07) is 15.4. The Bertz CT molecular complexity index is 1350. The van der Waals surface area contributed by atoms with Crippen LogP contribution in [0.25, 0.3) is 23.2 Å². The molecule has 0 aliphatic carbocycles. The van der Waals surface area contributed by atoms with Gasteiger partial charge in [0.2, 0.25) is 0 Å². The fraction of sp³-hybridized carbons (Fsp3) is 0.214. The molecule has 1 aliphatic rings. The van der Waals surface area contributed by atoms with Crippen LogP contribution in [0.1, 0.15) is 35.4 Å². The van der Waals surface area contributed by atoms with Gasteiger partial charge < -0.3 is 4.90 Å². The molecule has 0 radical (unpaired) electrons. The van der Waals surface area contributed by atoms with Crippen molar-refractivity contribution in [3.63, 3.8) is 0 Å². The second-order valence-electron chi connectivity index (χ2n) is 8.94. The second-order valence-corrected chi connectivity index (χ2v) is 8.94. The molecule has 2 atom stereocenters. The van der Waals surface area contributed by atoms with Crippen LogP contribution in [0, 0.1) is 19.7 Å². The average molecular weight is 454 g/mol. The first-order valence-electron chi connectivity index (χ1n) is 11.5. The van der Waals surface area contributed by atoms with E-state index in [1.54, 1.807) is 12.3 Å². The molecule has 0 amide bonds. The number of imidazole rings is 1. The van der Waals surface area contributed by atoms with E-state index in [4.69, 9.17) is 4.98 Å². The lowest BCUT2D eigenvalue weighted by atomic mass is 9.88. The maximum absolute atomic E-state index is 13.9. The summed E-state index contributed by atoms with van der Waals surface area (Å²) in [5, 5.41) is 4.42. The zero-order valence-corrected chi connectivity index (χ0v) is 19.7. The zero-order chi connectivity index (χ0) is 23.8. The Labute approximate surface area is 199 Å². The summed E-state index contributed by atoms with van der Waals surface area (Å²) in [5.74, 6) is 1.52. The van der Waals surface area contributed by atoms with Crippen LogP contribution in [0.2, 0.25) is 0 Å². The smallest absolute Gasteiger partial charge is 0.140 e. The molecule has 5 rings (SSSR count). The first-order valence-corrected chi connectivity index (χ1v) is 11.5. The average Bonchev–Trinajstić information content (AvgIpc) is 3.49. The van der Waals surface area contributed by atoms with Crippen molar-refractivity contribution < 1.29 is 4.39 Å². The normalized spacial score (nSPS) is 14.8. The number of benzene rings is 2. The molecular weight excluding hydrogens is 425 g/mol. The summed E-state index contributed by atoms with van der Waals surface area (Å²) in [5.41, 5.74) is 5.24. The van der Waals surface area contributed by atoms with E-state index in [0.717, 1.165) is 34.0 Å². The Balaban J connectivity index is 1.47. The molecule has 0 N–H and O–H groups in total. The first kappa shape index (κ1) is 21.9. The van der Waals surface area contributed by atoms with Crippen LogP contribution in [0.15, 0.2) is 79.9 Å². The summed E-state index contributed by atoms with van der Waals surface area (Å²) >= 11 is 0. The highest BCUT2D eigenvalue weighted by Gasteiger charge is 2.30. The molecular formula is C28H28FN5. The minimum Gasteiger partial charge on any atom is -0.331 e. The minimum absolute atomic E-state index is 0.0375. The van der Waals surface area contributed by atoms with Crippen molar-refractivity contribution in [3.05, 3.63) is 108 Å². The third-order valence-corrected chi connectivity index (χ3v) is 6.64. The molecule has 0 spiro atoms. The van der Waals surface area contributed by atoms with E-state index in [-0.39, 0.29) is 17.8 Å². The van der Waals surface area contributed by atoms with Gasteiger partial charge in [0.1, 0.15) is 17.5 Å². The van der Waals surface area contributed by atoms with Crippen molar-refractivity contribution in [1.29, 1.82) is 0 Å². The lowest BCUT2D eigenvalue weighted by molar-refractivity contribution is 0.305. The van der Waals surface area contributed by atoms with Gasteiger partial charge in [-0.05, 0) is 56.2 Å². The van der Waals surface area contributed by atoms with Gasteiger partial charge in [-0.2, -0.15) is 5.10 Å². The summed E-state index contributed by atoms with van der Waals surface area (Å²) in [6.45, 7) is 11.3. The van der Waals surface area contributed by atoms with Gasteiger partial charge in [0.05, 0.1) is 5.69 Å². The maximum Gasteiger partial charge on any atom is 0.140 e. The highest BCUT2D eigenvalue weighted by molar-refractivity contribution is 5.66. The molecule has 3 heterocycles. The molecule has 172 valence electrons. The monoisotopic (exact) mass is 453 g/mol. The largest absolute Gasteiger partial charge is 0.331 e. The summed E-state index contributed by atoms with van der Waals surface area (Å²) in [6.07, 6.45) is 9.84. The fourth-order valence-corrected chi connectivity index (χ4v) is 4.68. The molecule has 2 aromatic heterocycles. The Hall–Kier alpha value is -3.93. The number of hydrogen-bond donors (Lipinski definition) is 0. The molecule has 4 aromatic rings. The maximum atomic E-state index is 13.9. The number of halogens is 1. The summed E-state index contributed by atoms with van der Waals surface area (Å²) in [4.78, 5) is 6.99. The van der Waals surface area contributed by atoms with E-state index < -0.39 is 0 Å². The van der Waals surface area contributed by atoms with Gasteiger partial charge in [0.25, 0.3) is 0 Å². The third-order valence-electron chi connectivity index (χ3n) is 6.64. The van der Waals surface area contributed by atoms with Crippen molar-refractivity contribution >= 4 is 11.9 Å². The molecule has 0 fully saturated rings. The third kappa shape index (κ3) is 4.07. The van der Waals surface area contributed by atoms with Crippen molar-refractivity contribution in [3.8, 4) is 11.3 Å². The van der Waals surface area contributed by atoms with Gasteiger partial charge in [-0.25, -0.2) is 9.37 Å². The van der Waals surface area contributed by atoms with Crippen LogP contribution in [-0.4, -0.2) is 30.3 Å². The molecule has 2 unspecified atom stereocenters. The summed E-state index contributed by atoms with van der Waals surface area (Å²) in [7, 11) is 0. The van der Waals surface area contributed by atoms with Gasteiger partial charge in [0.15, 0.2) is 0 Å². The highest BCUT2D eigenvalue weighted by atomic mass is 19.1. The predicted molar refractivity (Wildman–Crippen MR) is 134 cm³/mol. The number of rotatable bonds is 6. The van der Waals surface area contributed by atoms with Crippen molar-refractivity contribution in [1.82, 2.24) is 24.2 Å². The van der Waals surface area contributed by atoms with Crippen LogP contribution in [-0.2, 0) is 6.54 Å². The Morgan fingerprint density at radius 3 is 2.59 bits per heavy atom. The van der Waals surface area contributed by atoms with Crippen molar-refractivity contribution in [2.45, 2.75) is 39.3 Å². The van der Waals surface area contributed by atoms with Crippen molar-refractivity contribution in [2.75, 3.05) is 0 Å². The van der Waals surface area contributed by atoms with E-state index >= 15 is 0 Å². The molecule has 1 aliphatic heterocycles. The molecule has 0 saturated heterocycles. The first-order chi connectivity index (χ1) is 16.4. The van der Waals surface area contributed by atoms with Gasteiger partial charge >= 0.3 is 0 Å². The molecule has 6 heteroatoms. The fourth-order valence-electron chi connectivity index (χ4n) is 4.68. The predicted octanol–water partition coefficient (Wildman–Crippen LogP) is 6.09. The lowest BCUT2D eigenvalue weighted by Crippen LogP contribution is -2.37. The molecule has 34 heavy (non-hydrogen) atoms. The van der Waals surface area contributed by atoms with Crippen LogP contribution in [0.5, 0.6) is 0 Å². The van der Waals surface area contributed by atoms with Crippen LogP contribution >= 0.6 is 0 Å². The van der Waals surface area contributed by atoms with Gasteiger partial charge in [-0.15, -0.1) is 0 Å². The number of fused-ring (bicyclic) bond motifs is 1. The van der Waals surface area contributed by atoms with E-state index in [2.05, 4.69) is 54.7 Å². The Kier molecular flexibility index (Phi) is 5.65. The lowest BCUT2D eigenvalue weighted by Gasteiger charge is -2.37. The molecule has 0 saturated carbocycles. The number of nitrogens with zero attached hydrogens (tertiary/aromatic N) is 5. The van der Waals surface area contributed by atoms with E-state index in [0.29, 0.717) is 6.54 Å². The van der Waals surface area contributed by atoms with E-state index in [1.165, 1.54) is 11.6 Å². The summed E-state index contributed by atoms with van der Waals surface area (Å²) < 4.78 is 17.8. The molecule has 2 aromatic carbocycles. The highest BCUT2D eigenvalue weighted by Crippen LogP contribution is 2.34. The second kappa shape index (κ2) is 8.78. The van der Waals surface area contributed by atoms with Crippen LogP contribution < -0.4 is 0 Å². The molecule has 0 bridgehead atoms. The number of aromatic nitrogens is 4. The Morgan fingerprint density at radius 2 is 1.88 bits per heavy atom. The number of hydrogen-bond acceptors (Lipinski definition) is 3. The van der Waals surface area contributed by atoms with Gasteiger partial charge in [-0.1, -0.05) is 42.5 Å². The van der Waals surface area contributed by atoms with E-state index in [9.17, 15) is 4.39 Å². The zero-order valence-electron chi connectivity index (χ0n) is 19.7. The van der Waals surface area contributed by atoms with E-state index in [1.807, 2.05) is 53.0 Å². The Morgan fingerprint density at radius 1 is 1.09 bits per heavy atom. The van der Waals surface area contributed by atoms with Gasteiger partial charge in [-0.3, -0.25) is 9.25 Å². The quantitative estimate of drug-likeness (QED) is 0.355. The standard InChI is InChI=1S/C28H28FN5/c1-19-6-8-23(9-7-19)27-18-34-22(4)33(15-12-28(34)31-27)21(3)26(17-32-14-5-13-30-32)25-11-10-24(29)16-20(25)2/h5-16,18,21,26H,4,17H2,1-3H3. The molecule has 5 nitrogen and oxygen atoms in total.